The van der Waals surface area contributed by atoms with Crippen molar-refractivity contribution in [2.24, 2.45) is 5.92 Å². The summed E-state index contributed by atoms with van der Waals surface area (Å²) in [5, 5.41) is 10.4. The highest BCUT2D eigenvalue weighted by Crippen LogP contribution is 2.37. The number of aliphatic hydroxyl groups excluding tert-OH is 1. The number of hydrogen-bond acceptors (Lipinski definition) is 4. The minimum Gasteiger partial charge on any atom is -0.466 e. The molecular formula is C16H22O3S. The van der Waals surface area contributed by atoms with Gasteiger partial charge in [0.05, 0.1) is 18.6 Å². The van der Waals surface area contributed by atoms with Crippen LogP contribution in [0.5, 0.6) is 0 Å². The van der Waals surface area contributed by atoms with Crippen LogP contribution in [0.2, 0.25) is 0 Å². The van der Waals surface area contributed by atoms with E-state index in [1.165, 1.54) is 0 Å². The van der Waals surface area contributed by atoms with Gasteiger partial charge in [-0.25, -0.2) is 0 Å². The molecule has 0 bridgehead atoms. The molecule has 1 saturated carbocycles. The second kappa shape index (κ2) is 7.70. The average molecular weight is 294 g/mol. The first-order valence-electron chi connectivity index (χ1n) is 7.28. The standard InChI is InChI=1S/C16H22O3S/c1-2-19-16(18)15-13(17)10-6-7-11-14(15)20-12-8-4-3-5-9-12/h3-5,8-9,13-15,17H,2,6-7,10-11H2,1H3/t13-,14-,15-/m1/s1. The minimum atomic E-state index is -0.585. The molecule has 3 atom stereocenters. The van der Waals surface area contributed by atoms with Crippen molar-refractivity contribution in [3.05, 3.63) is 30.3 Å². The van der Waals surface area contributed by atoms with E-state index >= 15 is 0 Å². The SMILES string of the molecule is CCOC(=O)[C@@H]1[C@H](O)CCCC[C@H]1Sc1ccccc1. The molecule has 0 radical (unpaired) electrons. The van der Waals surface area contributed by atoms with Crippen LogP contribution in [0.15, 0.2) is 35.2 Å². The van der Waals surface area contributed by atoms with Gasteiger partial charge in [-0.15, -0.1) is 11.8 Å². The van der Waals surface area contributed by atoms with Gasteiger partial charge in [0.1, 0.15) is 0 Å². The summed E-state index contributed by atoms with van der Waals surface area (Å²) in [6, 6.07) is 10.1. The fourth-order valence-corrected chi connectivity index (χ4v) is 4.05. The number of aliphatic hydroxyl groups is 1. The first kappa shape index (κ1) is 15.4. The maximum Gasteiger partial charge on any atom is 0.312 e. The van der Waals surface area contributed by atoms with Crippen molar-refractivity contribution in [1.82, 2.24) is 0 Å². The lowest BCUT2D eigenvalue weighted by molar-refractivity contribution is -0.151. The lowest BCUT2D eigenvalue weighted by Gasteiger charge is -2.26. The molecule has 20 heavy (non-hydrogen) atoms. The van der Waals surface area contributed by atoms with Crippen molar-refractivity contribution in [2.75, 3.05) is 6.61 Å². The summed E-state index contributed by atoms with van der Waals surface area (Å²) in [5.74, 6) is -0.669. The highest BCUT2D eigenvalue weighted by atomic mass is 32.2. The van der Waals surface area contributed by atoms with Crippen molar-refractivity contribution < 1.29 is 14.6 Å². The van der Waals surface area contributed by atoms with Crippen molar-refractivity contribution >= 4 is 17.7 Å². The number of esters is 1. The van der Waals surface area contributed by atoms with Gasteiger partial charge in [0, 0.05) is 10.1 Å². The summed E-state index contributed by atoms with van der Waals surface area (Å²) < 4.78 is 5.16. The molecule has 1 N–H and O–H groups in total. The topological polar surface area (TPSA) is 46.5 Å². The van der Waals surface area contributed by atoms with Gasteiger partial charge in [0.15, 0.2) is 0 Å². The molecule has 1 aliphatic rings. The molecule has 1 fully saturated rings. The number of benzene rings is 1. The quantitative estimate of drug-likeness (QED) is 0.684. The lowest BCUT2D eigenvalue weighted by atomic mass is 9.97. The zero-order valence-corrected chi connectivity index (χ0v) is 12.6. The van der Waals surface area contributed by atoms with Gasteiger partial charge in [-0.1, -0.05) is 31.0 Å². The Morgan fingerprint density at radius 2 is 2.00 bits per heavy atom. The van der Waals surface area contributed by atoms with Crippen molar-refractivity contribution in [1.29, 1.82) is 0 Å². The third-order valence-corrected chi connectivity index (χ3v) is 5.02. The number of rotatable bonds is 4. The number of thioether (sulfide) groups is 1. The fourth-order valence-electron chi connectivity index (χ4n) is 2.66. The van der Waals surface area contributed by atoms with Crippen LogP contribution >= 0.6 is 11.8 Å². The third kappa shape index (κ3) is 4.00. The number of ether oxygens (including phenoxy) is 1. The van der Waals surface area contributed by atoms with Gasteiger partial charge in [-0.3, -0.25) is 4.79 Å². The van der Waals surface area contributed by atoms with Crippen LogP contribution in [-0.4, -0.2) is 29.0 Å². The summed E-state index contributed by atoms with van der Waals surface area (Å²) in [6.07, 6.45) is 3.08. The number of carbonyl (C=O) groups excluding carboxylic acids is 1. The molecule has 0 aliphatic heterocycles. The highest BCUT2D eigenvalue weighted by molar-refractivity contribution is 8.00. The molecule has 0 amide bonds. The number of hydrogen-bond donors (Lipinski definition) is 1. The predicted octanol–water partition coefficient (Wildman–Crippen LogP) is 3.26. The van der Waals surface area contributed by atoms with Gasteiger partial charge in [-0.2, -0.15) is 0 Å². The van der Waals surface area contributed by atoms with Crippen molar-refractivity contribution in [3.63, 3.8) is 0 Å². The Morgan fingerprint density at radius 1 is 1.30 bits per heavy atom. The van der Waals surface area contributed by atoms with Crippen LogP contribution in [0.1, 0.15) is 32.6 Å². The molecule has 0 spiro atoms. The number of carbonyl (C=O) groups is 1. The Kier molecular flexibility index (Phi) is 5.92. The van der Waals surface area contributed by atoms with E-state index < -0.39 is 12.0 Å². The third-order valence-electron chi connectivity index (χ3n) is 3.64. The second-order valence-corrected chi connectivity index (χ2v) is 6.41. The molecule has 0 unspecified atom stereocenters. The van der Waals surface area contributed by atoms with E-state index in [0.717, 1.165) is 24.2 Å². The second-order valence-electron chi connectivity index (χ2n) is 5.10. The van der Waals surface area contributed by atoms with Crippen molar-refractivity contribution in [3.8, 4) is 0 Å². The first-order chi connectivity index (χ1) is 9.72. The van der Waals surface area contributed by atoms with Crippen molar-refractivity contribution in [2.45, 2.75) is 48.9 Å². The molecule has 1 aromatic carbocycles. The molecular weight excluding hydrogens is 272 g/mol. The maximum atomic E-state index is 12.2. The van der Waals surface area contributed by atoms with Gasteiger partial charge >= 0.3 is 5.97 Å². The van der Waals surface area contributed by atoms with E-state index in [1.807, 2.05) is 30.3 Å². The highest BCUT2D eigenvalue weighted by Gasteiger charge is 2.37. The smallest absolute Gasteiger partial charge is 0.312 e. The van der Waals surface area contributed by atoms with Crippen LogP contribution < -0.4 is 0 Å². The lowest BCUT2D eigenvalue weighted by Crippen LogP contribution is -2.36. The molecule has 0 heterocycles. The Labute approximate surface area is 124 Å². The van der Waals surface area contributed by atoms with Crippen LogP contribution in [0.25, 0.3) is 0 Å². The molecule has 2 rings (SSSR count). The van der Waals surface area contributed by atoms with E-state index in [-0.39, 0.29) is 11.2 Å². The Balaban J connectivity index is 2.14. The fraction of sp³-hybridized carbons (Fsp3) is 0.562. The first-order valence-corrected chi connectivity index (χ1v) is 8.16. The van der Waals surface area contributed by atoms with Gasteiger partial charge in [-0.05, 0) is 31.9 Å². The zero-order chi connectivity index (χ0) is 14.4. The summed E-state index contributed by atoms with van der Waals surface area (Å²) in [6.45, 7) is 2.17. The Hall–Kier alpha value is -1.00. The van der Waals surface area contributed by atoms with E-state index in [9.17, 15) is 9.90 Å². The van der Waals surface area contributed by atoms with Crippen LogP contribution in [0.3, 0.4) is 0 Å². The summed E-state index contributed by atoms with van der Waals surface area (Å²) in [7, 11) is 0. The van der Waals surface area contributed by atoms with Gasteiger partial charge < -0.3 is 9.84 Å². The van der Waals surface area contributed by atoms with Crippen LogP contribution in [0.4, 0.5) is 0 Å². The van der Waals surface area contributed by atoms with E-state index in [4.69, 9.17) is 4.74 Å². The minimum absolute atomic E-state index is 0.0916. The molecule has 0 aromatic heterocycles. The molecule has 0 saturated heterocycles. The van der Waals surface area contributed by atoms with E-state index in [0.29, 0.717) is 13.0 Å². The normalized spacial score (nSPS) is 26.8. The molecule has 1 aliphatic carbocycles. The zero-order valence-electron chi connectivity index (χ0n) is 11.8. The van der Waals surface area contributed by atoms with E-state index in [1.54, 1.807) is 18.7 Å². The average Bonchev–Trinajstić information content (AvgIpc) is 2.62. The van der Waals surface area contributed by atoms with E-state index in [2.05, 4.69) is 0 Å². The van der Waals surface area contributed by atoms with Crippen LogP contribution in [0, 0.1) is 5.92 Å². The molecule has 1 aromatic rings. The maximum absolute atomic E-state index is 12.2. The monoisotopic (exact) mass is 294 g/mol. The Morgan fingerprint density at radius 3 is 2.70 bits per heavy atom. The Bertz CT molecular complexity index is 421. The van der Waals surface area contributed by atoms with Crippen LogP contribution in [-0.2, 0) is 9.53 Å². The summed E-state index contributed by atoms with van der Waals surface area (Å²) >= 11 is 1.68. The molecule has 110 valence electrons. The molecule has 3 nitrogen and oxygen atoms in total. The summed E-state index contributed by atoms with van der Waals surface area (Å²) in [5.41, 5.74) is 0. The summed E-state index contributed by atoms with van der Waals surface area (Å²) in [4.78, 5) is 13.3. The predicted molar refractivity (Wildman–Crippen MR) is 80.7 cm³/mol. The largest absolute Gasteiger partial charge is 0.466 e. The van der Waals surface area contributed by atoms with Gasteiger partial charge in [0.25, 0.3) is 0 Å². The molecule has 4 heteroatoms. The van der Waals surface area contributed by atoms with Gasteiger partial charge in [0.2, 0.25) is 0 Å².